The molecule has 0 unspecified atom stereocenters. The van der Waals surface area contributed by atoms with Gasteiger partial charge in [-0.05, 0) is 12.1 Å². The van der Waals surface area contributed by atoms with E-state index in [0.717, 1.165) is 0 Å². The number of aromatic hydroxyl groups is 1. The van der Waals surface area contributed by atoms with Gasteiger partial charge in [-0.25, -0.2) is 0 Å². The van der Waals surface area contributed by atoms with Gasteiger partial charge in [-0.2, -0.15) is 4.98 Å². The highest BCUT2D eigenvalue weighted by Crippen LogP contribution is 2.32. The van der Waals surface area contributed by atoms with Crippen LogP contribution in [0.3, 0.4) is 0 Å². The lowest BCUT2D eigenvalue weighted by atomic mass is 10.3. The highest BCUT2D eigenvalue weighted by molar-refractivity contribution is 7.11. The van der Waals surface area contributed by atoms with E-state index in [4.69, 9.17) is 16.3 Å². The zero-order chi connectivity index (χ0) is 9.97. The van der Waals surface area contributed by atoms with Crippen LogP contribution in [0.15, 0.2) is 29.6 Å². The molecule has 0 aliphatic heterocycles. The van der Waals surface area contributed by atoms with Gasteiger partial charge in [0.25, 0.3) is 5.19 Å². The fourth-order valence-corrected chi connectivity index (χ4v) is 1.72. The molecule has 1 aromatic heterocycles. The predicted molar refractivity (Wildman–Crippen MR) is 55.3 cm³/mol. The van der Waals surface area contributed by atoms with Crippen LogP contribution in [-0.4, -0.2) is 10.1 Å². The van der Waals surface area contributed by atoms with Crippen LogP contribution in [0.1, 0.15) is 0 Å². The van der Waals surface area contributed by atoms with Crippen LogP contribution in [0.25, 0.3) is 0 Å². The minimum absolute atomic E-state index is 0.0822. The Bertz CT molecular complexity index is 444. The summed E-state index contributed by atoms with van der Waals surface area (Å²) in [6.07, 6.45) is 0. The molecule has 72 valence electrons. The van der Waals surface area contributed by atoms with Gasteiger partial charge in [0, 0.05) is 5.38 Å². The molecule has 5 heteroatoms. The van der Waals surface area contributed by atoms with E-state index in [-0.39, 0.29) is 5.75 Å². The summed E-state index contributed by atoms with van der Waals surface area (Å²) < 4.78 is 5.30. The van der Waals surface area contributed by atoms with E-state index in [0.29, 0.717) is 16.1 Å². The zero-order valence-corrected chi connectivity index (χ0v) is 8.55. The Labute approximate surface area is 89.6 Å². The van der Waals surface area contributed by atoms with Crippen molar-refractivity contribution in [3.05, 3.63) is 34.8 Å². The van der Waals surface area contributed by atoms with Crippen LogP contribution >= 0.6 is 22.9 Å². The predicted octanol–water partition coefficient (Wildman–Crippen LogP) is 3.29. The van der Waals surface area contributed by atoms with E-state index in [9.17, 15) is 5.11 Å². The number of hydrogen-bond acceptors (Lipinski definition) is 4. The molecule has 0 spiro atoms. The van der Waals surface area contributed by atoms with Gasteiger partial charge in [0.15, 0.2) is 11.5 Å². The van der Waals surface area contributed by atoms with E-state index >= 15 is 0 Å². The van der Waals surface area contributed by atoms with Gasteiger partial charge in [0.1, 0.15) is 5.15 Å². The minimum Gasteiger partial charge on any atom is -0.504 e. The first-order valence-corrected chi connectivity index (χ1v) is 5.08. The molecule has 1 N–H and O–H groups in total. The molecule has 2 rings (SSSR count). The van der Waals surface area contributed by atoms with Crippen LogP contribution in [0.4, 0.5) is 0 Å². The van der Waals surface area contributed by atoms with Gasteiger partial charge in [-0.3, -0.25) is 0 Å². The van der Waals surface area contributed by atoms with E-state index in [1.54, 1.807) is 29.6 Å². The third-order valence-electron chi connectivity index (χ3n) is 1.52. The summed E-state index contributed by atoms with van der Waals surface area (Å²) in [6.45, 7) is 0. The van der Waals surface area contributed by atoms with Crippen LogP contribution in [0.2, 0.25) is 5.15 Å². The molecule has 1 heterocycles. The first-order chi connectivity index (χ1) is 6.75. The van der Waals surface area contributed by atoms with Crippen molar-refractivity contribution in [2.24, 2.45) is 0 Å². The molecule has 0 saturated carbocycles. The van der Waals surface area contributed by atoms with Gasteiger partial charge < -0.3 is 9.84 Å². The first-order valence-electron chi connectivity index (χ1n) is 3.82. The largest absolute Gasteiger partial charge is 0.504 e. The Hall–Kier alpha value is -1.26. The number of aromatic nitrogens is 1. The van der Waals surface area contributed by atoms with Crippen LogP contribution in [0.5, 0.6) is 16.7 Å². The molecule has 0 bridgehead atoms. The SMILES string of the molecule is Oc1ccccc1Oc1nc(Cl)cs1. The number of para-hydroxylation sites is 2. The Morgan fingerprint density at radius 3 is 2.79 bits per heavy atom. The van der Waals surface area contributed by atoms with Gasteiger partial charge in [0.05, 0.1) is 0 Å². The van der Waals surface area contributed by atoms with Crippen molar-refractivity contribution in [1.29, 1.82) is 0 Å². The number of nitrogens with zero attached hydrogens (tertiary/aromatic N) is 1. The van der Waals surface area contributed by atoms with Crippen molar-refractivity contribution in [3.63, 3.8) is 0 Å². The zero-order valence-electron chi connectivity index (χ0n) is 6.98. The Kier molecular flexibility index (Phi) is 2.56. The van der Waals surface area contributed by atoms with Gasteiger partial charge in [0.2, 0.25) is 0 Å². The second-order valence-corrected chi connectivity index (χ2v) is 3.71. The number of ether oxygens (including phenoxy) is 1. The number of thiazole rings is 1. The molecule has 0 saturated heterocycles. The smallest absolute Gasteiger partial charge is 0.280 e. The summed E-state index contributed by atoms with van der Waals surface area (Å²) in [5.74, 6) is 0.456. The lowest BCUT2D eigenvalue weighted by Gasteiger charge is -2.02. The maximum Gasteiger partial charge on any atom is 0.280 e. The molecule has 0 radical (unpaired) electrons. The van der Waals surface area contributed by atoms with Crippen molar-refractivity contribution >= 4 is 22.9 Å². The normalized spacial score (nSPS) is 10.1. The molecule has 1 aromatic carbocycles. The first kappa shape index (κ1) is 9.30. The average molecular weight is 228 g/mol. The number of hydrogen-bond donors (Lipinski definition) is 1. The van der Waals surface area contributed by atoms with Crippen molar-refractivity contribution in [2.75, 3.05) is 0 Å². The van der Waals surface area contributed by atoms with Gasteiger partial charge >= 0.3 is 0 Å². The Balaban J connectivity index is 2.23. The molecule has 0 aliphatic carbocycles. The van der Waals surface area contributed by atoms with E-state index < -0.39 is 0 Å². The van der Waals surface area contributed by atoms with Crippen LogP contribution in [0, 0.1) is 0 Å². The molecule has 3 nitrogen and oxygen atoms in total. The molecular formula is C9H6ClNO2S. The van der Waals surface area contributed by atoms with E-state index in [1.165, 1.54) is 11.3 Å². The van der Waals surface area contributed by atoms with Crippen molar-refractivity contribution in [2.45, 2.75) is 0 Å². The van der Waals surface area contributed by atoms with E-state index in [2.05, 4.69) is 4.98 Å². The second kappa shape index (κ2) is 3.86. The fraction of sp³-hybridized carbons (Fsp3) is 0. The van der Waals surface area contributed by atoms with Crippen LogP contribution in [-0.2, 0) is 0 Å². The highest BCUT2D eigenvalue weighted by atomic mass is 35.5. The average Bonchev–Trinajstić information content (AvgIpc) is 2.56. The van der Waals surface area contributed by atoms with Gasteiger partial charge in [-0.15, -0.1) is 0 Å². The third-order valence-corrected chi connectivity index (χ3v) is 2.56. The van der Waals surface area contributed by atoms with E-state index in [1.807, 2.05) is 0 Å². The molecular weight excluding hydrogens is 222 g/mol. The molecule has 2 aromatic rings. The third kappa shape index (κ3) is 1.97. The molecule has 0 aliphatic rings. The fourth-order valence-electron chi connectivity index (χ4n) is 0.923. The molecule has 0 fully saturated rings. The molecule has 14 heavy (non-hydrogen) atoms. The molecule has 0 amide bonds. The van der Waals surface area contributed by atoms with Crippen molar-refractivity contribution in [1.82, 2.24) is 4.98 Å². The number of rotatable bonds is 2. The van der Waals surface area contributed by atoms with Gasteiger partial charge in [-0.1, -0.05) is 35.1 Å². The summed E-state index contributed by atoms with van der Waals surface area (Å²) >= 11 is 6.90. The summed E-state index contributed by atoms with van der Waals surface area (Å²) in [7, 11) is 0. The lowest BCUT2D eigenvalue weighted by Crippen LogP contribution is -1.82. The summed E-state index contributed by atoms with van der Waals surface area (Å²) in [5.41, 5.74) is 0. The number of phenolic OH excluding ortho intramolecular Hbond substituents is 1. The summed E-state index contributed by atoms with van der Waals surface area (Å²) in [4.78, 5) is 3.90. The van der Waals surface area contributed by atoms with Crippen molar-refractivity contribution in [3.8, 4) is 16.7 Å². The van der Waals surface area contributed by atoms with Crippen molar-refractivity contribution < 1.29 is 9.84 Å². The number of benzene rings is 1. The topological polar surface area (TPSA) is 42.4 Å². The minimum atomic E-state index is 0.0822. The molecule has 0 atom stereocenters. The standard InChI is InChI=1S/C9H6ClNO2S/c10-8-5-14-9(11-8)13-7-4-2-1-3-6(7)12/h1-5,12H. The Morgan fingerprint density at radius 2 is 2.14 bits per heavy atom. The lowest BCUT2D eigenvalue weighted by molar-refractivity contribution is 0.410. The maximum atomic E-state index is 9.40. The highest BCUT2D eigenvalue weighted by Gasteiger charge is 2.05. The Morgan fingerprint density at radius 1 is 1.36 bits per heavy atom. The number of phenols is 1. The summed E-state index contributed by atoms with van der Waals surface area (Å²) in [5, 5.41) is 11.9. The van der Waals surface area contributed by atoms with Crippen LogP contribution < -0.4 is 4.74 Å². The number of halogens is 1. The quantitative estimate of drug-likeness (QED) is 0.856. The monoisotopic (exact) mass is 227 g/mol. The maximum absolute atomic E-state index is 9.40. The second-order valence-electron chi connectivity index (χ2n) is 2.51. The summed E-state index contributed by atoms with van der Waals surface area (Å²) in [6, 6.07) is 6.69.